The Labute approximate surface area is 328 Å². The van der Waals surface area contributed by atoms with E-state index in [1.807, 2.05) is 0 Å². The van der Waals surface area contributed by atoms with Gasteiger partial charge in [0.05, 0.1) is 38.8 Å². The van der Waals surface area contributed by atoms with Crippen LogP contribution in [0.5, 0.6) is 0 Å². The predicted octanol–water partition coefficient (Wildman–Crippen LogP) is 13.1. The lowest BCUT2D eigenvalue weighted by Crippen LogP contribution is -2.04. The lowest BCUT2D eigenvalue weighted by Gasteiger charge is -2.13. The molecule has 0 N–H and O–H groups in total. The molecule has 0 fully saturated rings. The summed E-state index contributed by atoms with van der Waals surface area (Å²) in [5, 5.41) is 6.84. The summed E-state index contributed by atoms with van der Waals surface area (Å²) >= 11 is 0. The van der Waals surface area contributed by atoms with Gasteiger partial charge in [-0.2, -0.15) is 0 Å². The zero-order valence-corrected chi connectivity index (χ0v) is 30.8. The van der Waals surface area contributed by atoms with Gasteiger partial charge in [-0.05, 0) is 71.8 Å². The monoisotopic (exact) mass is 727 g/mol. The van der Waals surface area contributed by atoms with E-state index in [9.17, 15) is 0 Å². The van der Waals surface area contributed by atoms with E-state index >= 15 is 0 Å². The maximum Gasteiger partial charge on any atom is 0.235 e. The SMILES string of the molecule is c1ccc(-c2ccc(-c3nc(-n4c5cc6c7ccccc7n(-c7ccccc7)c6cc5c5ccc6c(ccn6-c6ccccc6)c54)nc4ccccc34)cc2)cc1. The zero-order chi connectivity index (χ0) is 37.5. The minimum absolute atomic E-state index is 0.641. The van der Waals surface area contributed by atoms with Crippen molar-refractivity contribution in [3.05, 3.63) is 200 Å². The quantitative estimate of drug-likeness (QED) is 0.177. The van der Waals surface area contributed by atoms with Crippen LogP contribution in [0.25, 0.3) is 105 Å². The van der Waals surface area contributed by atoms with E-state index in [0.717, 1.165) is 71.8 Å². The summed E-state index contributed by atoms with van der Waals surface area (Å²) < 4.78 is 6.97. The molecule has 0 saturated carbocycles. The van der Waals surface area contributed by atoms with Crippen LogP contribution in [-0.4, -0.2) is 23.7 Å². The molecule has 0 saturated heterocycles. The standard InChI is InChI=1S/C52H33N5/c1-4-14-34(15-5-1)35-24-26-36(27-25-35)50-41-21-10-12-22-45(41)53-52(54-50)57-49-32-43-39-20-11-13-23-47(39)56(38-18-8-3-9-19-38)48(43)33-44(49)40-28-29-46-42(51(40)57)30-31-55(46)37-16-6-2-7-17-37/h1-33H. The number of nitrogens with zero attached hydrogens (tertiary/aromatic N) is 5. The first kappa shape index (κ1) is 31.6. The molecule has 0 atom stereocenters. The zero-order valence-electron chi connectivity index (χ0n) is 30.8. The van der Waals surface area contributed by atoms with Crippen molar-refractivity contribution >= 4 is 65.4 Å². The molecule has 0 radical (unpaired) electrons. The van der Waals surface area contributed by atoms with Gasteiger partial charge in [-0.3, -0.25) is 4.57 Å². The highest BCUT2D eigenvalue weighted by molar-refractivity contribution is 6.23. The molecule has 0 aliphatic heterocycles. The molecule has 266 valence electrons. The van der Waals surface area contributed by atoms with Gasteiger partial charge in [-0.15, -0.1) is 0 Å². The van der Waals surface area contributed by atoms with Gasteiger partial charge < -0.3 is 9.13 Å². The molecule has 4 aromatic heterocycles. The Hall–Kier alpha value is -7.76. The summed E-state index contributed by atoms with van der Waals surface area (Å²) in [5.41, 5.74) is 13.1. The average molecular weight is 728 g/mol. The molecule has 0 amide bonds. The van der Waals surface area contributed by atoms with E-state index in [2.05, 4.69) is 214 Å². The Kier molecular flexibility index (Phi) is 6.86. The smallest absolute Gasteiger partial charge is 0.235 e. The van der Waals surface area contributed by atoms with Gasteiger partial charge in [0.15, 0.2) is 0 Å². The summed E-state index contributed by atoms with van der Waals surface area (Å²) in [6.07, 6.45) is 2.18. The van der Waals surface area contributed by atoms with Crippen molar-refractivity contribution in [1.29, 1.82) is 0 Å². The van der Waals surface area contributed by atoms with E-state index in [1.165, 1.54) is 27.4 Å². The molecule has 12 aromatic rings. The molecule has 0 spiro atoms. The Balaban J connectivity index is 1.19. The lowest BCUT2D eigenvalue weighted by atomic mass is 10.0. The third-order valence-electron chi connectivity index (χ3n) is 11.5. The third-order valence-corrected chi connectivity index (χ3v) is 11.5. The van der Waals surface area contributed by atoms with Crippen molar-refractivity contribution in [3.8, 4) is 39.7 Å². The van der Waals surface area contributed by atoms with Gasteiger partial charge in [-0.1, -0.05) is 133 Å². The predicted molar refractivity (Wildman–Crippen MR) is 236 cm³/mol. The second kappa shape index (κ2) is 12.4. The molecule has 0 aliphatic rings. The molecule has 4 heterocycles. The van der Waals surface area contributed by atoms with E-state index in [4.69, 9.17) is 9.97 Å². The average Bonchev–Trinajstić information content (AvgIpc) is 3.96. The Morgan fingerprint density at radius 2 is 0.930 bits per heavy atom. The topological polar surface area (TPSA) is 40.6 Å². The third kappa shape index (κ3) is 4.82. The lowest BCUT2D eigenvalue weighted by molar-refractivity contribution is 1.02. The van der Waals surface area contributed by atoms with Gasteiger partial charge in [-0.25, -0.2) is 9.97 Å². The van der Waals surface area contributed by atoms with Crippen molar-refractivity contribution in [2.24, 2.45) is 0 Å². The molecule has 0 unspecified atom stereocenters. The maximum absolute atomic E-state index is 5.52. The number of benzene rings is 8. The van der Waals surface area contributed by atoms with E-state index in [-0.39, 0.29) is 0 Å². The van der Waals surface area contributed by atoms with Gasteiger partial charge in [0.1, 0.15) is 0 Å². The minimum Gasteiger partial charge on any atom is -0.316 e. The van der Waals surface area contributed by atoms with Crippen LogP contribution < -0.4 is 0 Å². The number of aromatic nitrogens is 5. The number of para-hydroxylation sites is 4. The van der Waals surface area contributed by atoms with Crippen molar-refractivity contribution < 1.29 is 0 Å². The van der Waals surface area contributed by atoms with Gasteiger partial charge in [0.25, 0.3) is 0 Å². The fraction of sp³-hybridized carbons (Fsp3) is 0. The molecule has 5 nitrogen and oxygen atoms in total. The number of hydrogen-bond acceptors (Lipinski definition) is 2. The van der Waals surface area contributed by atoms with Crippen molar-refractivity contribution in [2.75, 3.05) is 0 Å². The normalized spacial score (nSPS) is 11.9. The molecular weight excluding hydrogens is 695 g/mol. The van der Waals surface area contributed by atoms with Crippen LogP contribution in [-0.2, 0) is 0 Å². The van der Waals surface area contributed by atoms with Crippen LogP contribution in [0.1, 0.15) is 0 Å². The highest BCUT2D eigenvalue weighted by Gasteiger charge is 2.23. The largest absolute Gasteiger partial charge is 0.316 e. The second-order valence-electron chi connectivity index (χ2n) is 14.7. The van der Waals surface area contributed by atoms with Crippen molar-refractivity contribution in [1.82, 2.24) is 23.7 Å². The molecule has 5 heteroatoms. The summed E-state index contributed by atoms with van der Waals surface area (Å²) in [6, 6.07) is 69.1. The number of rotatable bonds is 5. The summed E-state index contributed by atoms with van der Waals surface area (Å²) in [6.45, 7) is 0. The van der Waals surface area contributed by atoms with Crippen LogP contribution in [0.2, 0.25) is 0 Å². The van der Waals surface area contributed by atoms with Crippen LogP contribution in [0, 0.1) is 0 Å². The Morgan fingerprint density at radius 3 is 1.70 bits per heavy atom. The van der Waals surface area contributed by atoms with E-state index < -0.39 is 0 Å². The summed E-state index contributed by atoms with van der Waals surface area (Å²) in [7, 11) is 0. The van der Waals surface area contributed by atoms with Crippen molar-refractivity contribution in [3.63, 3.8) is 0 Å². The molecular formula is C52H33N5. The van der Waals surface area contributed by atoms with Crippen LogP contribution in [0.3, 0.4) is 0 Å². The Bertz CT molecular complexity index is 3490. The van der Waals surface area contributed by atoms with E-state index in [1.54, 1.807) is 0 Å². The first-order valence-corrected chi connectivity index (χ1v) is 19.3. The van der Waals surface area contributed by atoms with Crippen LogP contribution in [0.4, 0.5) is 0 Å². The van der Waals surface area contributed by atoms with Crippen molar-refractivity contribution in [2.45, 2.75) is 0 Å². The van der Waals surface area contributed by atoms with E-state index in [0.29, 0.717) is 5.95 Å². The summed E-state index contributed by atoms with van der Waals surface area (Å²) in [5.74, 6) is 0.641. The fourth-order valence-electron chi connectivity index (χ4n) is 8.90. The minimum atomic E-state index is 0.641. The Morgan fingerprint density at radius 1 is 0.333 bits per heavy atom. The van der Waals surface area contributed by atoms with Gasteiger partial charge >= 0.3 is 0 Å². The molecule has 57 heavy (non-hydrogen) atoms. The molecule has 0 bridgehead atoms. The number of hydrogen-bond donors (Lipinski definition) is 0. The van der Waals surface area contributed by atoms with Gasteiger partial charge in [0.2, 0.25) is 5.95 Å². The molecule has 8 aromatic carbocycles. The fourth-order valence-corrected chi connectivity index (χ4v) is 8.90. The van der Waals surface area contributed by atoms with Crippen LogP contribution in [0.15, 0.2) is 200 Å². The first-order valence-electron chi connectivity index (χ1n) is 19.3. The summed E-state index contributed by atoms with van der Waals surface area (Å²) in [4.78, 5) is 10.9. The maximum atomic E-state index is 5.52. The second-order valence-corrected chi connectivity index (χ2v) is 14.7. The highest BCUT2D eigenvalue weighted by atomic mass is 15.2. The highest BCUT2D eigenvalue weighted by Crippen LogP contribution is 2.42. The first-order chi connectivity index (χ1) is 28.3. The van der Waals surface area contributed by atoms with Crippen LogP contribution >= 0.6 is 0 Å². The van der Waals surface area contributed by atoms with Gasteiger partial charge in [0, 0.05) is 55.5 Å². The molecule has 0 aliphatic carbocycles. The molecule has 12 rings (SSSR count). The number of fused-ring (bicyclic) bond motifs is 9.